The predicted octanol–water partition coefficient (Wildman–Crippen LogP) is -4.38. The van der Waals surface area contributed by atoms with Gasteiger partial charge in [0.15, 0.2) is 0 Å². The number of hydrogen-bond acceptors (Lipinski definition) is 3. The standard InChI is InChI=1S/Ca.Na.H2O3S/c;;1-4(2)3/h;;(H2,1,2,3)/q+2;+1;/p-2. The minimum atomic E-state index is -3.11. The molecule has 0 atom stereocenters. The molecular weight excluding hydrogens is 143 g/mol. The Balaban J connectivity index is -0.0000000450. The van der Waals surface area contributed by atoms with Crippen molar-refractivity contribution in [2.45, 2.75) is 0 Å². The van der Waals surface area contributed by atoms with Gasteiger partial charge in [0, 0.05) is 0 Å². The van der Waals surface area contributed by atoms with E-state index >= 15 is 0 Å². The molecule has 6 heteroatoms. The predicted molar refractivity (Wildman–Crippen MR) is 15.5 cm³/mol. The largest absolute Gasteiger partial charge is 2.00 e. The fraction of sp³-hybridized carbons (Fsp3) is 0. The van der Waals surface area contributed by atoms with Crippen LogP contribution in [0.1, 0.15) is 0 Å². The van der Waals surface area contributed by atoms with Gasteiger partial charge in [-0.15, -0.1) is 11.4 Å². The van der Waals surface area contributed by atoms with Crippen LogP contribution in [-0.2, 0) is 11.4 Å². The fourth-order valence-corrected chi connectivity index (χ4v) is 0. The van der Waals surface area contributed by atoms with Crippen molar-refractivity contribution < 1.29 is 42.9 Å². The molecule has 0 spiro atoms. The van der Waals surface area contributed by atoms with Gasteiger partial charge in [-0.1, -0.05) is 0 Å². The second-order valence-corrected chi connectivity index (χ2v) is 0.612. The van der Waals surface area contributed by atoms with E-state index in [-0.39, 0.29) is 67.3 Å². The van der Waals surface area contributed by atoms with Gasteiger partial charge in [0.2, 0.25) is 0 Å². The van der Waals surface area contributed by atoms with Crippen LogP contribution in [0.3, 0.4) is 0 Å². The minimum absolute atomic E-state index is 0. The average Bonchev–Trinajstić information content (AvgIpc) is 0.811. The Labute approximate surface area is 90.3 Å². The molecule has 0 bridgehead atoms. The van der Waals surface area contributed by atoms with E-state index in [1.165, 1.54) is 0 Å². The van der Waals surface area contributed by atoms with Crippen LogP contribution < -0.4 is 29.6 Å². The molecule has 0 aromatic heterocycles. The molecule has 0 aromatic rings. The van der Waals surface area contributed by atoms with Gasteiger partial charge in [0.25, 0.3) is 0 Å². The van der Waals surface area contributed by atoms with Crippen LogP contribution in [0.4, 0.5) is 0 Å². The summed E-state index contributed by atoms with van der Waals surface area (Å²) >= 11 is -3.11. The van der Waals surface area contributed by atoms with Crippen molar-refractivity contribution >= 4 is 49.1 Å². The van der Waals surface area contributed by atoms with Gasteiger partial charge >= 0.3 is 67.3 Å². The Morgan fingerprint density at radius 2 is 1.33 bits per heavy atom. The molecule has 0 saturated carbocycles. The average molecular weight is 143 g/mol. The van der Waals surface area contributed by atoms with E-state index in [2.05, 4.69) is 0 Å². The monoisotopic (exact) mass is 143 g/mol. The number of hydrogen-bond donors (Lipinski definition) is 0. The minimum Gasteiger partial charge on any atom is -0.784 e. The van der Waals surface area contributed by atoms with Crippen LogP contribution in [0.5, 0.6) is 0 Å². The first kappa shape index (κ1) is 15.8. The van der Waals surface area contributed by atoms with Gasteiger partial charge in [-0.2, -0.15) is 0 Å². The Morgan fingerprint density at radius 3 is 1.33 bits per heavy atom. The molecule has 0 aliphatic carbocycles. The molecule has 0 fully saturated rings. The Kier molecular flexibility index (Phi) is 27.1. The van der Waals surface area contributed by atoms with Gasteiger partial charge in [-0.25, -0.2) is 0 Å². The molecule has 0 unspecified atom stereocenters. The summed E-state index contributed by atoms with van der Waals surface area (Å²) < 4.78 is 25.3. The molecule has 0 aliphatic rings. The first-order valence-corrected chi connectivity index (χ1v) is 1.50. The maximum Gasteiger partial charge on any atom is 2.00 e. The number of rotatable bonds is 0. The normalized spacial score (nSPS) is 5.83. The molecule has 26 valence electrons. The van der Waals surface area contributed by atoms with E-state index in [9.17, 15) is 0 Å². The van der Waals surface area contributed by atoms with Crippen molar-refractivity contribution in [3.05, 3.63) is 0 Å². The van der Waals surface area contributed by atoms with E-state index in [0.717, 1.165) is 0 Å². The molecule has 3 nitrogen and oxygen atoms in total. The summed E-state index contributed by atoms with van der Waals surface area (Å²) in [6.45, 7) is 0. The van der Waals surface area contributed by atoms with Crippen LogP contribution in [0.25, 0.3) is 0 Å². The van der Waals surface area contributed by atoms with E-state index in [1.807, 2.05) is 0 Å². The Morgan fingerprint density at radius 1 is 1.33 bits per heavy atom. The Hall–Kier alpha value is 2.33. The van der Waals surface area contributed by atoms with E-state index in [0.29, 0.717) is 0 Å². The third-order valence-electron chi connectivity index (χ3n) is 0. The van der Waals surface area contributed by atoms with Gasteiger partial charge in [0.1, 0.15) is 0 Å². The smallest absolute Gasteiger partial charge is 0.784 e. The van der Waals surface area contributed by atoms with Crippen molar-refractivity contribution in [2.75, 3.05) is 0 Å². The SMILES string of the molecule is O=S([O-])[O-].[Ca+2].[Na+]. The summed E-state index contributed by atoms with van der Waals surface area (Å²) in [5.41, 5.74) is 0. The summed E-state index contributed by atoms with van der Waals surface area (Å²) in [5.74, 6) is 0. The molecule has 0 N–H and O–H groups in total. The van der Waals surface area contributed by atoms with Crippen molar-refractivity contribution in [1.29, 1.82) is 0 Å². The fourth-order valence-electron chi connectivity index (χ4n) is 0. The van der Waals surface area contributed by atoms with Crippen molar-refractivity contribution in [1.82, 2.24) is 0 Å². The van der Waals surface area contributed by atoms with Crippen molar-refractivity contribution in [2.24, 2.45) is 0 Å². The second-order valence-electron chi connectivity index (χ2n) is 0.204. The van der Waals surface area contributed by atoms with E-state index in [1.54, 1.807) is 0 Å². The van der Waals surface area contributed by atoms with Gasteiger partial charge < -0.3 is 9.11 Å². The Bertz CT molecular complexity index is 33.8. The zero-order chi connectivity index (χ0) is 3.58. The summed E-state index contributed by atoms with van der Waals surface area (Å²) in [4.78, 5) is 0. The maximum atomic E-state index is 8.44. The van der Waals surface area contributed by atoms with Crippen LogP contribution in [0.15, 0.2) is 0 Å². The third-order valence-corrected chi connectivity index (χ3v) is 0. The van der Waals surface area contributed by atoms with Crippen LogP contribution in [0.2, 0.25) is 0 Å². The first-order valence-electron chi connectivity index (χ1n) is 0.500. The maximum absolute atomic E-state index is 8.44. The van der Waals surface area contributed by atoms with E-state index < -0.39 is 11.4 Å². The summed E-state index contributed by atoms with van der Waals surface area (Å²) in [7, 11) is 0. The quantitative estimate of drug-likeness (QED) is 0.254. The molecule has 0 aromatic carbocycles. The van der Waals surface area contributed by atoms with Crippen molar-refractivity contribution in [3.8, 4) is 0 Å². The molecule has 0 saturated heterocycles. The van der Waals surface area contributed by atoms with Crippen LogP contribution in [0, 0.1) is 0 Å². The summed E-state index contributed by atoms with van der Waals surface area (Å²) in [5, 5.41) is 0. The molecule has 0 aliphatic heterocycles. The van der Waals surface area contributed by atoms with Crippen LogP contribution >= 0.6 is 0 Å². The molecular formula is CaNaO3S+. The molecule has 0 radical (unpaired) electrons. The molecule has 0 heterocycles. The van der Waals surface area contributed by atoms with Gasteiger partial charge in [0.05, 0.1) is 0 Å². The summed E-state index contributed by atoms with van der Waals surface area (Å²) in [6.07, 6.45) is 0. The third kappa shape index (κ3) is 33.1. The molecule has 0 rings (SSSR count). The van der Waals surface area contributed by atoms with Gasteiger partial charge in [-0.3, -0.25) is 4.21 Å². The summed E-state index contributed by atoms with van der Waals surface area (Å²) in [6, 6.07) is 0. The topological polar surface area (TPSA) is 63.2 Å². The second kappa shape index (κ2) is 10.3. The van der Waals surface area contributed by atoms with Gasteiger partial charge in [-0.05, 0) is 0 Å². The van der Waals surface area contributed by atoms with Crippen LogP contribution in [-0.4, -0.2) is 51.1 Å². The molecule has 6 heavy (non-hydrogen) atoms. The zero-order valence-corrected chi connectivity index (χ0v) is 8.36. The van der Waals surface area contributed by atoms with Crippen molar-refractivity contribution in [3.63, 3.8) is 0 Å². The molecule has 0 amide bonds. The zero-order valence-electron chi connectivity index (χ0n) is 3.34. The first-order chi connectivity index (χ1) is 1.73. The van der Waals surface area contributed by atoms with E-state index in [4.69, 9.17) is 13.3 Å².